The normalized spacial score (nSPS) is 14.2. The third-order valence-electron chi connectivity index (χ3n) is 3.68. The molecule has 1 heterocycles. The fraction of sp³-hybridized carbons (Fsp3) is 0.647. The second-order valence-corrected chi connectivity index (χ2v) is 6.33. The number of anilines is 1. The van der Waals surface area contributed by atoms with Gasteiger partial charge < -0.3 is 10.2 Å². The Bertz CT molecular complexity index is 500. The van der Waals surface area contributed by atoms with Crippen LogP contribution >= 0.6 is 0 Å². The first-order valence-electron chi connectivity index (χ1n) is 7.81. The number of hydrogen-bond acceptors (Lipinski definition) is 4. The van der Waals surface area contributed by atoms with Gasteiger partial charge in [-0.15, -0.1) is 6.42 Å². The highest BCUT2D eigenvalue weighted by atomic mass is 15.2. The van der Waals surface area contributed by atoms with E-state index in [1.165, 1.54) is 12.8 Å². The maximum absolute atomic E-state index is 5.47. The summed E-state index contributed by atoms with van der Waals surface area (Å²) >= 11 is 0. The van der Waals surface area contributed by atoms with Crippen molar-refractivity contribution >= 4 is 5.95 Å². The van der Waals surface area contributed by atoms with Gasteiger partial charge in [-0.2, -0.15) is 0 Å². The zero-order valence-electron chi connectivity index (χ0n) is 13.4. The summed E-state index contributed by atoms with van der Waals surface area (Å²) in [7, 11) is 0. The number of nitrogens with zero attached hydrogens (tertiary/aromatic N) is 3. The molecule has 0 radical (unpaired) electrons. The Morgan fingerprint density at radius 2 is 2.24 bits per heavy atom. The highest BCUT2D eigenvalue weighted by Crippen LogP contribution is 2.30. The third kappa shape index (κ3) is 5.02. The smallest absolute Gasteiger partial charge is 0.226 e. The lowest BCUT2D eigenvalue weighted by atomic mass is 10.2. The van der Waals surface area contributed by atoms with Gasteiger partial charge in [-0.05, 0) is 38.1 Å². The molecule has 0 bridgehead atoms. The monoisotopic (exact) mass is 286 g/mol. The fourth-order valence-corrected chi connectivity index (χ4v) is 2.24. The molecule has 0 aromatic carbocycles. The van der Waals surface area contributed by atoms with Gasteiger partial charge in [0.2, 0.25) is 5.95 Å². The summed E-state index contributed by atoms with van der Waals surface area (Å²) in [4.78, 5) is 11.3. The molecular formula is C17H26N4. The van der Waals surface area contributed by atoms with E-state index in [-0.39, 0.29) is 0 Å². The van der Waals surface area contributed by atoms with E-state index >= 15 is 0 Å². The zero-order valence-corrected chi connectivity index (χ0v) is 13.4. The second kappa shape index (κ2) is 7.42. The van der Waals surface area contributed by atoms with E-state index in [4.69, 9.17) is 6.42 Å². The molecule has 0 aliphatic heterocycles. The molecule has 1 fully saturated rings. The molecule has 1 aliphatic carbocycles. The van der Waals surface area contributed by atoms with Gasteiger partial charge in [-0.1, -0.05) is 19.8 Å². The Labute approximate surface area is 128 Å². The predicted octanol–water partition coefficient (Wildman–Crippen LogP) is 2.38. The first-order chi connectivity index (χ1) is 10.1. The van der Waals surface area contributed by atoms with Crippen molar-refractivity contribution in [3.8, 4) is 12.3 Å². The van der Waals surface area contributed by atoms with Crippen LogP contribution in [0, 0.1) is 31.1 Å². The number of aromatic nitrogens is 2. The van der Waals surface area contributed by atoms with Crippen LogP contribution in [0.5, 0.6) is 0 Å². The minimum absolute atomic E-state index is 0.584. The Balaban J connectivity index is 2.00. The van der Waals surface area contributed by atoms with Gasteiger partial charge in [0.05, 0.1) is 6.54 Å². The Hall–Kier alpha value is -1.60. The molecular weight excluding hydrogens is 260 g/mol. The lowest BCUT2D eigenvalue weighted by Gasteiger charge is -2.20. The summed E-state index contributed by atoms with van der Waals surface area (Å²) in [6.07, 6.45) is 10.0. The van der Waals surface area contributed by atoms with Gasteiger partial charge >= 0.3 is 0 Å². The molecule has 1 aromatic heterocycles. The Kier molecular flexibility index (Phi) is 5.58. The molecule has 1 aromatic rings. The summed E-state index contributed by atoms with van der Waals surface area (Å²) in [5.74, 6) is 4.90. The topological polar surface area (TPSA) is 41.1 Å². The maximum atomic E-state index is 5.47. The van der Waals surface area contributed by atoms with Crippen LogP contribution < -0.4 is 10.2 Å². The molecule has 0 spiro atoms. The Morgan fingerprint density at radius 3 is 2.81 bits per heavy atom. The fourth-order valence-electron chi connectivity index (χ4n) is 2.24. The lowest BCUT2D eigenvalue weighted by Crippen LogP contribution is -2.28. The van der Waals surface area contributed by atoms with Crippen molar-refractivity contribution in [3.63, 3.8) is 0 Å². The van der Waals surface area contributed by atoms with Crippen LogP contribution in [0.25, 0.3) is 0 Å². The van der Waals surface area contributed by atoms with Crippen molar-refractivity contribution in [2.75, 3.05) is 24.5 Å². The van der Waals surface area contributed by atoms with Crippen LogP contribution in [-0.4, -0.2) is 29.6 Å². The SMILES string of the molecule is C#CCN(CC1CC1)c1ncc(CNCC(C)C)c(C)n1. The predicted molar refractivity (Wildman–Crippen MR) is 87.1 cm³/mol. The van der Waals surface area contributed by atoms with E-state index in [0.29, 0.717) is 12.5 Å². The number of nitrogens with one attached hydrogen (secondary N) is 1. The molecule has 0 amide bonds. The third-order valence-corrected chi connectivity index (χ3v) is 3.68. The second-order valence-electron chi connectivity index (χ2n) is 6.33. The summed E-state index contributed by atoms with van der Waals surface area (Å²) in [5, 5.41) is 3.43. The largest absolute Gasteiger partial charge is 0.329 e. The van der Waals surface area contributed by atoms with E-state index in [1.807, 2.05) is 13.1 Å². The van der Waals surface area contributed by atoms with Gasteiger partial charge in [-0.25, -0.2) is 9.97 Å². The van der Waals surface area contributed by atoms with E-state index in [1.54, 1.807) is 0 Å². The number of rotatable bonds is 8. The van der Waals surface area contributed by atoms with Gasteiger partial charge in [0.1, 0.15) is 0 Å². The average Bonchev–Trinajstić information content (AvgIpc) is 3.24. The average molecular weight is 286 g/mol. The minimum atomic E-state index is 0.584. The molecule has 1 saturated carbocycles. The molecule has 114 valence electrons. The van der Waals surface area contributed by atoms with Crippen molar-refractivity contribution in [3.05, 3.63) is 17.5 Å². The van der Waals surface area contributed by atoms with Crippen molar-refractivity contribution in [1.82, 2.24) is 15.3 Å². The van der Waals surface area contributed by atoms with Crippen LogP contribution in [0.2, 0.25) is 0 Å². The molecule has 0 atom stereocenters. The summed E-state index contributed by atoms with van der Waals surface area (Å²) < 4.78 is 0. The molecule has 4 nitrogen and oxygen atoms in total. The molecule has 4 heteroatoms. The van der Waals surface area contributed by atoms with Crippen molar-refractivity contribution in [1.29, 1.82) is 0 Å². The highest BCUT2D eigenvalue weighted by Gasteiger charge is 2.25. The highest BCUT2D eigenvalue weighted by molar-refractivity contribution is 5.35. The first kappa shape index (κ1) is 15.8. The first-order valence-corrected chi connectivity index (χ1v) is 7.81. The van der Waals surface area contributed by atoms with Gasteiger partial charge in [-0.3, -0.25) is 0 Å². The number of terminal acetylenes is 1. The number of aryl methyl sites for hydroxylation is 1. The van der Waals surface area contributed by atoms with Crippen LogP contribution in [0.3, 0.4) is 0 Å². The van der Waals surface area contributed by atoms with Crippen LogP contribution in [0.1, 0.15) is 37.9 Å². The van der Waals surface area contributed by atoms with Crippen LogP contribution in [-0.2, 0) is 6.54 Å². The minimum Gasteiger partial charge on any atom is -0.329 e. The van der Waals surface area contributed by atoms with Crippen LogP contribution in [0.15, 0.2) is 6.20 Å². The Morgan fingerprint density at radius 1 is 1.48 bits per heavy atom. The van der Waals surface area contributed by atoms with E-state index in [9.17, 15) is 0 Å². The summed E-state index contributed by atoms with van der Waals surface area (Å²) in [6.45, 7) is 9.84. The molecule has 1 N–H and O–H groups in total. The van der Waals surface area contributed by atoms with E-state index < -0.39 is 0 Å². The molecule has 1 aliphatic rings. The van der Waals surface area contributed by atoms with Crippen molar-refractivity contribution in [2.24, 2.45) is 11.8 Å². The van der Waals surface area contributed by atoms with Gasteiger partial charge in [0, 0.05) is 30.5 Å². The molecule has 2 rings (SSSR count). The van der Waals surface area contributed by atoms with Crippen LogP contribution in [0.4, 0.5) is 5.95 Å². The summed E-state index contributed by atoms with van der Waals surface area (Å²) in [6, 6.07) is 0. The quantitative estimate of drug-likeness (QED) is 0.745. The van der Waals surface area contributed by atoms with Gasteiger partial charge in [0.25, 0.3) is 0 Å². The van der Waals surface area contributed by atoms with Gasteiger partial charge in [0.15, 0.2) is 0 Å². The maximum Gasteiger partial charge on any atom is 0.226 e. The van der Waals surface area contributed by atoms with Crippen molar-refractivity contribution in [2.45, 2.75) is 40.2 Å². The summed E-state index contributed by atoms with van der Waals surface area (Å²) in [5.41, 5.74) is 2.19. The van der Waals surface area contributed by atoms with Crippen molar-refractivity contribution < 1.29 is 0 Å². The lowest BCUT2D eigenvalue weighted by molar-refractivity contribution is 0.550. The molecule has 0 unspecified atom stereocenters. The van der Waals surface area contributed by atoms with E-state index in [0.717, 1.165) is 42.8 Å². The number of hydrogen-bond donors (Lipinski definition) is 1. The van der Waals surface area contributed by atoms with E-state index in [2.05, 4.69) is 40.0 Å². The molecule has 21 heavy (non-hydrogen) atoms. The standard InChI is InChI=1S/C17H26N4/c1-5-8-21(12-15-6-7-15)17-19-11-16(14(4)20-17)10-18-9-13(2)3/h1,11,13,15,18H,6-10,12H2,2-4H3. The zero-order chi connectivity index (χ0) is 15.2. The molecule has 0 saturated heterocycles.